The van der Waals surface area contributed by atoms with E-state index in [9.17, 15) is 0 Å². The Labute approximate surface area is 132 Å². The van der Waals surface area contributed by atoms with Gasteiger partial charge in [0.2, 0.25) is 0 Å². The third-order valence-electron chi connectivity index (χ3n) is 3.58. The van der Waals surface area contributed by atoms with Crippen LogP contribution in [0.5, 0.6) is 0 Å². The van der Waals surface area contributed by atoms with Gasteiger partial charge < -0.3 is 4.57 Å². The number of alkyl halides is 1. The van der Waals surface area contributed by atoms with Crippen LogP contribution in [0.2, 0.25) is 0 Å². The summed E-state index contributed by atoms with van der Waals surface area (Å²) >= 11 is 3.51. The zero-order chi connectivity index (χ0) is 14.8. The lowest BCUT2D eigenvalue weighted by Gasteiger charge is -2.11. The predicted molar refractivity (Wildman–Crippen MR) is 89.2 cm³/mol. The van der Waals surface area contributed by atoms with Gasteiger partial charge in [-0.25, -0.2) is 0 Å². The van der Waals surface area contributed by atoms with Crippen LogP contribution in [0, 0.1) is 5.92 Å². The van der Waals surface area contributed by atoms with E-state index in [1.807, 2.05) is 0 Å². The largest absolute Gasteiger partial charge is 0.314 e. The van der Waals surface area contributed by atoms with E-state index in [1.165, 1.54) is 50.8 Å². The van der Waals surface area contributed by atoms with Gasteiger partial charge in [-0.2, -0.15) is 0 Å². The summed E-state index contributed by atoms with van der Waals surface area (Å²) in [4.78, 5) is 0. The van der Waals surface area contributed by atoms with Gasteiger partial charge in [-0.3, -0.25) is 0 Å². The summed E-state index contributed by atoms with van der Waals surface area (Å²) in [5.74, 6) is 2.87. The fourth-order valence-corrected chi connectivity index (χ4v) is 2.89. The number of hydrogen-bond donors (Lipinski definition) is 0. The third kappa shape index (κ3) is 6.38. The van der Waals surface area contributed by atoms with Gasteiger partial charge >= 0.3 is 0 Å². The molecule has 0 aromatic carbocycles. The van der Waals surface area contributed by atoms with E-state index in [1.54, 1.807) is 0 Å². The normalized spacial score (nSPS) is 11.4. The lowest BCUT2D eigenvalue weighted by Crippen LogP contribution is -2.11. The zero-order valence-electron chi connectivity index (χ0n) is 13.4. The van der Waals surface area contributed by atoms with Crippen LogP contribution in [0.3, 0.4) is 0 Å². The number of hydrogen-bond acceptors (Lipinski definition) is 2. The summed E-state index contributed by atoms with van der Waals surface area (Å²) in [5, 5.41) is 9.46. The minimum Gasteiger partial charge on any atom is -0.314 e. The fourth-order valence-electron chi connectivity index (χ4n) is 2.47. The lowest BCUT2D eigenvalue weighted by molar-refractivity contribution is 0.490. The highest BCUT2D eigenvalue weighted by Gasteiger charge is 2.11. The van der Waals surface area contributed by atoms with Crippen molar-refractivity contribution in [3.8, 4) is 0 Å². The lowest BCUT2D eigenvalue weighted by atomic mass is 10.1. The van der Waals surface area contributed by atoms with Crippen molar-refractivity contribution in [2.24, 2.45) is 5.92 Å². The molecule has 0 aliphatic carbocycles. The first-order chi connectivity index (χ1) is 9.69. The van der Waals surface area contributed by atoms with Crippen LogP contribution >= 0.6 is 15.9 Å². The van der Waals surface area contributed by atoms with Crippen LogP contribution in [-0.4, -0.2) is 14.8 Å². The van der Waals surface area contributed by atoms with Gasteiger partial charge in [-0.1, -0.05) is 75.2 Å². The highest BCUT2D eigenvalue weighted by Crippen LogP contribution is 2.14. The average molecular weight is 344 g/mol. The third-order valence-corrected chi connectivity index (χ3v) is 4.08. The number of aryl methyl sites for hydroxylation is 1. The molecule has 3 nitrogen and oxygen atoms in total. The Morgan fingerprint density at radius 1 is 0.950 bits per heavy atom. The molecule has 0 saturated carbocycles. The molecule has 1 aromatic rings. The van der Waals surface area contributed by atoms with E-state index in [0.29, 0.717) is 5.92 Å². The highest BCUT2D eigenvalue weighted by molar-refractivity contribution is 9.08. The fraction of sp³-hybridized carbons (Fsp3) is 0.875. The molecule has 1 heterocycles. The molecule has 0 saturated heterocycles. The van der Waals surface area contributed by atoms with Gasteiger partial charge in [0.1, 0.15) is 11.6 Å². The van der Waals surface area contributed by atoms with E-state index in [0.717, 1.165) is 24.1 Å². The van der Waals surface area contributed by atoms with Crippen molar-refractivity contribution in [2.75, 3.05) is 0 Å². The first-order valence-corrected chi connectivity index (χ1v) is 9.28. The van der Waals surface area contributed by atoms with E-state index in [2.05, 4.69) is 51.5 Å². The van der Waals surface area contributed by atoms with Crippen LogP contribution in [-0.2, 0) is 18.3 Å². The van der Waals surface area contributed by atoms with Gasteiger partial charge in [0.25, 0.3) is 0 Å². The summed E-state index contributed by atoms with van der Waals surface area (Å²) < 4.78 is 2.30. The number of unbranched alkanes of at least 4 members (excludes halogenated alkanes) is 6. The molecule has 0 spiro atoms. The highest BCUT2D eigenvalue weighted by atomic mass is 79.9. The van der Waals surface area contributed by atoms with Crippen molar-refractivity contribution in [3.63, 3.8) is 0 Å². The summed E-state index contributed by atoms with van der Waals surface area (Å²) in [7, 11) is 0. The Balaban J connectivity index is 2.34. The quantitative estimate of drug-likeness (QED) is 0.412. The Morgan fingerprint density at radius 2 is 1.55 bits per heavy atom. The molecular formula is C16H30BrN3. The number of nitrogens with zero attached hydrogens (tertiary/aromatic N) is 3. The molecule has 0 unspecified atom stereocenters. The van der Waals surface area contributed by atoms with Crippen molar-refractivity contribution in [1.82, 2.24) is 14.8 Å². The summed E-state index contributed by atoms with van der Waals surface area (Å²) in [6.07, 6.45) is 10.5. The Bertz CT molecular complexity index is 361. The smallest absolute Gasteiger partial charge is 0.143 e. The minimum atomic E-state index is 0.636. The predicted octanol–water partition coefficient (Wildman–Crippen LogP) is 5.12. The summed E-state index contributed by atoms with van der Waals surface area (Å²) in [6, 6.07) is 0. The van der Waals surface area contributed by atoms with Crippen LogP contribution < -0.4 is 0 Å². The number of halogens is 1. The minimum absolute atomic E-state index is 0.636. The molecule has 20 heavy (non-hydrogen) atoms. The summed E-state index contributed by atoms with van der Waals surface area (Å²) in [6.45, 7) is 7.79. The second-order valence-electron chi connectivity index (χ2n) is 6.04. The van der Waals surface area contributed by atoms with Crippen molar-refractivity contribution >= 4 is 15.9 Å². The molecule has 4 heteroatoms. The first-order valence-electron chi connectivity index (χ1n) is 8.16. The Morgan fingerprint density at radius 3 is 2.15 bits per heavy atom. The SMILES string of the molecule is CCCCCCCCCc1nnc(CBr)n1CC(C)C. The maximum atomic E-state index is 4.37. The second-order valence-corrected chi connectivity index (χ2v) is 6.60. The molecule has 0 aliphatic rings. The van der Waals surface area contributed by atoms with Crippen LogP contribution in [0.4, 0.5) is 0 Å². The standard InChI is InChI=1S/C16H30BrN3/c1-4-5-6-7-8-9-10-11-15-18-19-16(12-17)20(15)13-14(2)3/h14H,4-13H2,1-3H3. The molecule has 0 bridgehead atoms. The van der Waals surface area contributed by atoms with Gasteiger partial charge in [0, 0.05) is 13.0 Å². The second kappa shape index (κ2) is 10.4. The molecule has 0 fully saturated rings. The summed E-state index contributed by atoms with van der Waals surface area (Å²) in [5.41, 5.74) is 0. The topological polar surface area (TPSA) is 30.7 Å². The van der Waals surface area contributed by atoms with Gasteiger partial charge in [-0.05, 0) is 12.3 Å². The maximum absolute atomic E-state index is 4.37. The van der Waals surface area contributed by atoms with Gasteiger partial charge in [0.15, 0.2) is 0 Å². The van der Waals surface area contributed by atoms with Crippen molar-refractivity contribution < 1.29 is 0 Å². The zero-order valence-corrected chi connectivity index (χ0v) is 15.0. The molecular weight excluding hydrogens is 314 g/mol. The van der Waals surface area contributed by atoms with E-state index < -0.39 is 0 Å². The number of aromatic nitrogens is 3. The van der Waals surface area contributed by atoms with Crippen molar-refractivity contribution in [3.05, 3.63) is 11.6 Å². The first kappa shape index (κ1) is 17.7. The molecule has 1 rings (SSSR count). The van der Waals surface area contributed by atoms with Gasteiger partial charge in [-0.15, -0.1) is 10.2 Å². The molecule has 0 radical (unpaired) electrons. The van der Waals surface area contributed by atoms with Crippen LogP contribution in [0.1, 0.15) is 77.4 Å². The molecule has 116 valence electrons. The Kier molecular flexibility index (Phi) is 9.16. The molecule has 1 aromatic heterocycles. The van der Waals surface area contributed by atoms with E-state index in [-0.39, 0.29) is 0 Å². The Hall–Kier alpha value is -0.380. The van der Waals surface area contributed by atoms with Crippen LogP contribution in [0.15, 0.2) is 0 Å². The van der Waals surface area contributed by atoms with E-state index >= 15 is 0 Å². The average Bonchev–Trinajstić information content (AvgIpc) is 2.79. The van der Waals surface area contributed by atoms with Crippen LogP contribution in [0.25, 0.3) is 0 Å². The van der Waals surface area contributed by atoms with Gasteiger partial charge in [0.05, 0.1) is 5.33 Å². The maximum Gasteiger partial charge on any atom is 0.143 e. The van der Waals surface area contributed by atoms with Crippen molar-refractivity contribution in [2.45, 2.75) is 84.0 Å². The molecule has 0 amide bonds. The molecule has 0 N–H and O–H groups in total. The molecule has 0 aliphatic heterocycles. The number of rotatable bonds is 11. The van der Waals surface area contributed by atoms with Crippen molar-refractivity contribution in [1.29, 1.82) is 0 Å². The molecule has 0 atom stereocenters. The van der Waals surface area contributed by atoms with E-state index in [4.69, 9.17) is 0 Å². The monoisotopic (exact) mass is 343 g/mol.